The molecule has 1 atom stereocenters. The third-order valence-corrected chi connectivity index (χ3v) is 1.58. The van der Waals surface area contributed by atoms with E-state index in [1.807, 2.05) is 6.92 Å². The van der Waals surface area contributed by atoms with Crippen LogP contribution in [-0.4, -0.2) is 21.3 Å². The minimum atomic E-state index is -0.0511. The average molecular weight is 168 g/mol. The highest BCUT2D eigenvalue weighted by Gasteiger charge is 2.11. The highest BCUT2D eigenvalue weighted by molar-refractivity contribution is 5.73. The molecular weight excluding hydrogens is 156 g/mol. The summed E-state index contributed by atoms with van der Waals surface area (Å²) in [6, 6.07) is -0.0266. The number of hydrogen-bond donors (Lipinski definition) is 2. The maximum Gasteiger partial charge on any atom is 0.217 e. The summed E-state index contributed by atoms with van der Waals surface area (Å²) in [5, 5.41) is 12.8. The summed E-state index contributed by atoms with van der Waals surface area (Å²) in [5.74, 6) is -0.0511. The van der Waals surface area contributed by atoms with E-state index in [1.54, 1.807) is 6.20 Å². The number of aromatic amines is 1. The fourth-order valence-electron chi connectivity index (χ4n) is 1.01. The summed E-state index contributed by atoms with van der Waals surface area (Å²) < 4.78 is 0. The number of H-pyrrole nitrogens is 1. The normalized spacial score (nSPS) is 12.5. The van der Waals surface area contributed by atoms with E-state index in [0.29, 0.717) is 0 Å². The Morgan fingerprint density at radius 1 is 1.83 bits per heavy atom. The summed E-state index contributed by atoms with van der Waals surface area (Å²) in [5.41, 5.74) is 0.771. The molecule has 1 rings (SSSR count). The van der Waals surface area contributed by atoms with Gasteiger partial charge in [0.15, 0.2) is 0 Å². The number of carbonyl (C=O) groups is 1. The zero-order valence-corrected chi connectivity index (χ0v) is 7.16. The molecular formula is C7H12N4O. The molecule has 12 heavy (non-hydrogen) atoms. The molecule has 2 N–H and O–H groups in total. The Hall–Kier alpha value is -1.39. The fraction of sp³-hybridized carbons (Fsp3) is 0.571. The number of aromatic nitrogens is 3. The first-order valence-electron chi connectivity index (χ1n) is 3.86. The van der Waals surface area contributed by atoms with E-state index in [-0.39, 0.29) is 11.9 Å². The Balaban J connectivity index is 2.63. The molecule has 1 aromatic heterocycles. The van der Waals surface area contributed by atoms with Gasteiger partial charge < -0.3 is 5.32 Å². The minimum absolute atomic E-state index is 0.0266. The van der Waals surface area contributed by atoms with E-state index in [2.05, 4.69) is 20.7 Å². The molecule has 1 aromatic rings. The van der Waals surface area contributed by atoms with Crippen LogP contribution >= 0.6 is 0 Å². The molecule has 0 aromatic carbocycles. The standard InChI is InChI=1S/C7H12N4O/c1-3-6(9-5(2)12)7-4-8-11-10-7/h4,6H,3H2,1-2H3,(H,9,12)(H,8,10,11). The topological polar surface area (TPSA) is 70.7 Å². The predicted molar refractivity (Wildman–Crippen MR) is 43.2 cm³/mol. The van der Waals surface area contributed by atoms with Crippen molar-refractivity contribution >= 4 is 5.91 Å². The molecule has 5 nitrogen and oxygen atoms in total. The second-order valence-corrected chi connectivity index (χ2v) is 2.56. The lowest BCUT2D eigenvalue weighted by atomic mass is 10.2. The smallest absolute Gasteiger partial charge is 0.217 e. The monoisotopic (exact) mass is 168 g/mol. The highest BCUT2D eigenvalue weighted by atomic mass is 16.1. The molecule has 0 saturated carbocycles. The summed E-state index contributed by atoms with van der Waals surface area (Å²) in [6.07, 6.45) is 2.43. The van der Waals surface area contributed by atoms with E-state index in [9.17, 15) is 4.79 Å². The molecule has 0 radical (unpaired) electrons. The number of amides is 1. The van der Waals surface area contributed by atoms with Crippen molar-refractivity contribution in [3.05, 3.63) is 11.9 Å². The van der Waals surface area contributed by atoms with Gasteiger partial charge in [0.1, 0.15) is 5.69 Å². The van der Waals surface area contributed by atoms with Gasteiger partial charge in [0.2, 0.25) is 5.91 Å². The first kappa shape index (κ1) is 8.70. The van der Waals surface area contributed by atoms with Crippen molar-refractivity contribution in [3.8, 4) is 0 Å². The van der Waals surface area contributed by atoms with Gasteiger partial charge in [0, 0.05) is 6.92 Å². The summed E-state index contributed by atoms with van der Waals surface area (Å²) in [7, 11) is 0. The van der Waals surface area contributed by atoms with E-state index in [1.165, 1.54) is 6.92 Å². The maximum atomic E-state index is 10.7. The van der Waals surface area contributed by atoms with Gasteiger partial charge in [-0.1, -0.05) is 6.92 Å². The van der Waals surface area contributed by atoms with Crippen LogP contribution in [0.1, 0.15) is 32.0 Å². The van der Waals surface area contributed by atoms with Gasteiger partial charge in [-0.2, -0.15) is 15.4 Å². The van der Waals surface area contributed by atoms with Crippen LogP contribution in [0.5, 0.6) is 0 Å². The average Bonchev–Trinajstić information content (AvgIpc) is 2.51. The molecule has 0 bridgehead atoms. The van der Waals surface area contributed by atoms with Gasteiger partial charge in [0.05, 0.1) is 12.2 Å². The molecule has 66 valence electrons. The van der Waals surface area contributed by atoms with Gasteiger partial charge in [0.25, 0.3) is 0 Å². The van der Waals surface area contributed by atoms with Gasteiger partial charge in [-0.05, 0) is 6.42 Å². The molecule has 1 amide bonds. The molecule has 0 aliphatic carbocycles. The van der Waals surface area contributed by atoms with Crippen molar-refractivity contribution in [2.24, 2.45) is 0 Å². The van der Waals surface area contributed by atoms with E-state index >= 15 is 0 Å². The molecule has 5 heteroatoms. The zero-order valence-electron chi connectivity index (χ0n) is 7.16. The van der Waals surface area contributed by atoms with Gasteiger partial charge in [-0.25, -0.2) is 0 Å². The summed E-state index contributed by atoms with van der Waals surface area (Å²) in [6.45, 7) is 3.47. The molecule has 1 unspecified atom stereocenters. The van der Waals surface area contributed by atoms with E-state index in [0.717, 1.165) is 12.1 Å². The fourth-order valence-corrected chi connectivity index (χ4v) is 1.01. The van der Waals surface area contributed by atoms with Crippen LogP contribution < -0.4 is 5.32 Å². The SMILES string of the molecule is CCC(NC(C)=O)c1cn[nH]n1. The third kappa shape index (κ3) is 2.05. The molecule has 0 fully saturated rings. The van der Waals surface area contributed by atoms with Crippen LogP contribution in [0.3, 0.4) is 0 Å². The lowest BCUT2D eigenvalue weighted by Crippen LogP contribution is -2.25. The van der Waals surface area contributed by atoms with Gasteiger partial charge in [-0.3, -0.25) is 4.79 Å². The van der Waals surface area contributed by atoms with Crippen molar-refractivity contribution in [2.75, 3.05) is 0 Å². The Labute approximate surface area is 70.6 Å². The quantitative estimate of drug-likeness (QED) is 0.686. The minimum Gasteiger partial charge on any atom is -0.348 e. The van der Waals surface area contributed by atoms with Gasteiger partial charge in [-0.15, -0.1) is 0 Å². The molecule has 0 aliphatic rings. The number of nitrogens with zero attached hydrogens (tertiary/aromatic N) is 2. The Morgan fingerprint density at radius 2 is 2.58 bits per heavy atom. The van der Waals surface area contributed by atoms with Crippen molar-refractivity contribution < 1.29 is 4.79 Å². The number of nitrogens with one attached hydrogen (secondary N) is 2. The first-order chi connectivity index (χ1) is 5.74. The molecule has 0 aliphatic heterocycles. The van der Waals surface area contributed by atoms with Crippen LogP contribution in [0.25, 0.3) is 0 Å². The number of carbonyl (C=O) groups excluding carboxylic acids is 1. The van der Waals surface area contributed by atoms with Crippen LogP contribution in [0, 0.1) is 0 Å². The zero-order chi connectivity index (χ0) is 8.97. The summed E-state index contributed by atoms with van der Waals surface area (Å²) >= 11 is 0. The Bertz CT molecular complexity index is 244. The van der Waals surface area contributed by atoms with E-state index in [4.69, 9.17) is 0 Å². The lowest BCUT2D eigenvalue weighted by molar-refractivity contribution is -0.119. The number of hydrogen-bond acceptors (Lipinski definition) is 3. The van der Waals surface area contributed by atoms with Crippen LogP contribution in [0.15, 0.2) is 6.20 Å². The van der Waals surface area contributed by atoms with Crippen molar-refractivity contribution in [3.63, 3.8) is 0 Å². The van der Waals surface area contributed by atoms with Crippen LogP contribution in [0.2, 0.25) is 0 Å². The van der Waals surface area contributed by atoms with E-state index < -0.39 is 0 Å². The predicted octanol–water partition coefficient (Wildman–Crippen LogP) is 0.392. The first-order valence-corrected chi connectivity index (χ1v) is 3.86. The largest absolute Gasteiger partial charge is 0.348 e. The Kier molecular flexibility index (Phi) is 2.79. The second kappa shape index (κ2) is 3.85. The lowest BCUT2D eigenvalue weighted by Gasteiger charge is -2.11. The maximum absolute atomic E-state index is 10.7. The highest BCUT2D eigenvalue weighted by Crippen LogP contribution is 2.11. The van der Waals surface area contributed by atoms with Crippen molar-refractivity contribution in [1.29, 1.82) is 0 Å². The Morgan fingerprint density at radius 3 is 3.00 bits per heavy atom. The van der Waals surface area contributed by atoms with Crippen LogP contribution in [-0.2, 0) is 4.79 Å². The van der Waals surface area contributed by atoms with Crippen molar-refractivity contribution in [2.45, 2.75) is 26.3 Å². The van der Waals surface area contributed by atoms with Gasteiger partial charge >= 0.3 is 0 Å². The van der Waals surface area contributed by atoms with Crippen LogP contribution in [0.4, 0.5) is 0 Å². The summed E-state index contributed by atoms with van der Waals surface area (Å²) in [4.78, 5) is 10.7. The molecule has 0 spiro atoms. The third-order valence-electron chi connectivity index (χ3n) is 1.58. The second-order valence-electron chi connectivity index (χ2n) is 2.56. The van der Waals surface area contributed by atoms with Crippen molar-refractivity contribution in [1.82, 2.24) is 20.7 Å². The molecule has 1 heterocycles. The number of rotatable bonds is 3. The molecule has 0 saturated heterocycles.